The average Bonchev–Trinajstić information content (AvgIpc) is 3.08. The number of ether oxygens (including phenoxy) is 1. The lowest BCUT2D eigenvalue weighted by molar-refractivity contribution is -0.139. The number of piperazine rings is 1. The van der Waals surface area contributed by atoms with Crippen molar-refractivity contribution in [1.29, 1.82) is 0 Å². The minimum atomic E-state index is -0.276. The summed E-state index contributed by atoms with van der Waals surface area (Å²) in [5.74, 6) is 0.416. The van der Waals surface area contributed by atoms with Gasteiger partial charge in [0.15, 0.2) is 0 Å². The number of rotatable bonds is 10. The molecule has 3 heterocycles. The molecule has 2 fully saturated rings. The van der Waals surface area contributed by atoms with Crippen LogP contribution >= 0.6 is 0 Å². The van der Waals surface area contributed by atoms with E-state index in [0.29, 0.717) is 56.2 Å². The lowest BCUT2D eigenvalue weighted by Crippen LogP contribution is -2.55. The molecule has 3 aliphatic heterocycles. The fraction of sp³-hybridized carbons (Fsp3) is 0.421. The van der Waals surface area contributed by atoms with E-state index in [2.05, 4.69) is 28.5 Å². The van der Waals surface area contributed by atoms with Crippen LogP contribution in [0.15, 0.2) is 72.8 Å². The minimum Gasteiger partial charge on any atom is -0.492 e. The molecular formula is C38H46N6O5. The van der Waals surface area contributed by atoms with Gasteiger partial charge in [0.05, 0.1) is 18.0 Å². The van der Waals surface area contributed by atoms with Gasteiger partial charge in [-0.05, 0) is 80.4 Å². The lowest BCUT2D eigenvalue weighted by Gasteiger charge is -2.40. The summed E-state index contributed by atoms with van der Waals surface area (Å²) in [6.45, 7) is 9.25. The maximum absolute atomic E-state index is 13.0. The number of nitrogens with one attached hydrogen (secondary N) is 2. The minimum absolute atomic E-state index is 0.0546. The van der Waals surface area contributed by atoms with Crippen LogP contribution in [-0.2, 0) is 14.4 Å². The van der Waals surface area contributed by atoms with Crippen molar-refractivity contribution in [2.24, 2.45) is 5.92 Å². The van der Waals surface area contributed by atoms with Crippen LogP contribution in [0.1, 0.15) is 55.6 Å². The highest BCUT2D eigenvalue weighted by Gasteiger charge is 2.36. The van der Waals surface area contributed by atoms with Crippen LogP contribution in [-0.4, -0.2) is 96.8 Å². The van der Waals surface area contributed by atoms with Crippen LogP contribution in [0.2, 0.25) is 0 Å². The molecule has 11 nitrogen and oxygen atoms in total. The number of likely N-dealkylation sites (N-methyl/N-ethyl adjacent to an activating group) is 1. The first-order valence-electron chi connectivity index (χ1n) is 17.2. The first kappa shape index (κ1) is 34.0. The third-order valence-corrected chi connectivity index (χ3v) is 9.95. The predicted octanol–water partition coefficient (Wildman–Crippen LogP) is 4.63. The predicted molar refractivity (Wildman–Crippen MR) is 190 cm³/mol. The Balaban J connectivity index is 0.949. The van der Waals surface area contributed by atoms with Crippen molar-refractivity contribution in [3.05, 3.63) is 83.9 Å². The molecule has 0 radical (unpaired) electrons. The highest BCUT2D eigenvalue weighted by atomic mass is 16.5. The number of nitrogens with zero attached hydrogens (tertiary/aromatic N) is 4. The van der Waals surface area contributed by atoms with Gasteiger partial charge in [0.1, 0.15) is 12.4 Å². The van der Waals surface area contributed by atoms with Crippen molar-refractivity contribution in [1.82, 2.24) is 14.7 Å². The Morgan fingerprint density at radius 1 is 0.898 bits per heavy atom. The molecule has 49 heavy (non-hydrogen) atoms. The number of likely N-dealkylation sites (tertiary alicyclic amines) is 1. The molecule has 0 bridgehead atoms. The van der Waals surface area contributed by atoms with Crippen molar-refractivity contribution in [3.8, 4) is 5.75 Å². The van der Waals surface area contributed by atoms with E-state index in [1.165, 1.54) is 0 Å². The second-order valence-electron chi connectivity index (χ2n) is 13.3. The number of fused-ring (bicyclic) bond motifs is 1. The van der Waals surface area contributed by atoms with E-state index in [4.69, 9.17) is 4.74 Å². The van der Waals surface area contributed by atoms with Crippen molar-refractivity contribution in [2.45, 2.75) is 51.7 Å². The summed E-state index contributed by atoms with van der Waals surface area (Å²) in [6, 6.07) is 22.7. The van der Waals surface area contributed by atoms with E-state index >= 15 is 0 Å². The third-order valence-electron chi connectivity index (χ3n) is 9.95. The quantitative estimate of drug-likeness (QED) is 0.325. The standard InChI is InChI=1S/C38H46N6O5/c1-5-35(45)44-25(2)22-33(32-8-6-7-9-34(32)44)39-29-12-14-30(15-13-29)40-36(46)28-23-43(24-28)38(48)27-10-16-31(17-11-27)49-21-20-42-19-18-41(4)37(47)26(42)3/h6-17,25-26,28,33,39H,5,18-24H2,1-4H3,(H,40,46)/t25-,26+,33+/m0/s1. The molecule has 0 unspecified atom stereocenters. The highest BCUT2D eigenvalue weighted by Crippen LogP contribution is 2.39. The fourth-order valence-corrected chi connectivity index (χ4v) is 6.93. The van der Waals surface area contributed by atoms with Gasteiger partial charge in [-0.2, -0.15) is 0 Å². The first-order chi connectivity index (χ1) is 23.6. The van der Waals surface area contributed by atoms with Crippen LogP contribution in [0, 0.1) is 5.92 Å². The molecule has 3 aromatic carbocycles. The zero-order chi connectivity index (χ0) is 34.7. The van der Waals surface area contributed by atoms with Crippen LogP contribution in [0.25, 0.3) is 0 Å². The molecule has 3 aliphatic rings. The van der Waals surface area contributed by atoms with Gasteiger partial charge in [0.2, 0.25) is 17.7 Å². The Bertz CT molecular complexity index is 1670. The Hall–Kier alpha value is -4.90. The topological polar surface area (TPSA) is 115 Å². The van der Waals surface area contributed by atoms with Crippen LogP contribution in [0.3, 0.4) is 0 Å². The molecule has 258 valence electrons. The zero-order valence-electron chi connectivity index (χ0n) is 28.7. The number of para-hydroxylation sites is 1. The summed E-state index contributed by atoms with van der Waals surface area (Å²) in [5, 5.41) is 6.61. The maximum atomic E-state index is 13.0. The van der Waals surface area contributed by atoms with Crippen molar-refractivity contribution >= 4 is 40.7 Å². The number of amides is 4. The Morgan fingerprint density at radius 3 is 2.31 bits per heavy atom. The molecule has 0 aliphatic carbocycles. The van der Waals surface area contributed by atoms with Gasteiger partial charge in [-0.1, -0.05) is 25.1 Å². The Kier molecular flexibility index (Phi) is 10.2. The number of carbonyl (C=O) groups excluding carboxylic acids is 4. The average molecular weight is 667 g/mol. The van der Waals surface area contributed by atoms with Gasteiger partial charge < -0.3 is 30.1 Å². The number of hydrogen-bond donors (Lipinski definition) is 2. The number of hydrogen-bond acceptors (Lipinski definition) is 7. The third kappa shape index (κ3) is 7.41. The van der Waals surface area contributed by atoms with Crippen LogP contribution in [0.4, 0.5) is 17.1 Å². The van der Waals surface area contributed by atoms with E-state index in [1.807, 2.05) is 68.3 Å². The molecule has 3 aromatic rings. The Morgan fingerprint density at radius 2 is 1.59 bits per heavy atom. The molecule has 4 amide bonds. The molecule has 3 atom stereocenters. The summed E-state index contributed by atoms with van der Waals surface area (Å²) in [5.41, 5.74) is 4.22. The molecule has 2 N–H and O–H groups in total. The van der Waals surface area contributed by atoms with Gasteiger partial charge in [0.25, 0.3) is 5.91 Å². The molecule has 11 heteroatoms. The van der Waals surface area contributed by atoms with Gasteiger partial charge in [0, 0.05) is 74.9 Å². The summed E-state index contributed by atoms with van der Waals surface area (Å²) in [6.07, 6.45) is 1.25. The van der Waals surface area contributed by atoms with Gasteiger partial charge in [-0.15, -0.1) is 0 Å². The van der Waals surface area contributed by atoms with Gasteiger partial charge in [-0.25, -0.2) is 0 Å². The maximum Gasteiger partial charge on any atom is 0.253 e. The lowest BCUT2D eigenvalue weighted by atomic mass is 9.91. The summed E-state index contributed by atoms with van der Waals surface area (Å²) < 4.78 is 5.88. The van der Waals surface area contributed by atoms with Gasteiger partial charge in [-0.3, -0.25) is 24.1 Å². The monoisotopic (exact) mass is 666 g/mol. The summed E-state index contributed by atoms with van der Waals surface area (Å²) in [4.78, 5) is 58.3. The molecular weight excluding hydrogens is 620 g/mol. The second kappa shape index (κ2) is 14.7. The summed E-state index contributed by atoms with van der Waals surface area (Å²) in [7, 11) is 1.83. The number of carbonyl (C=O) groups is 4. The Labute approximate surface area is 288 Å². The molecule has 0 spiro atoms. The van der Waals surface area contributed by atoms with Crippen molar-refractivity contribution in [2.75, 3.05) is 61.9 Å². The normalized spacial score (nSPS) is 21.1. The van der Waals surface area contributed by atoms with Crippen molar-refractivity contribution < 1.29 is 23.9 Å². The zero-order valence-corrected chi connectivity index (χ0v) is 28.7. The number of benzene rings is 3. The summed E-state index contributed by atoms with van der Waals surface area (Å²) >= 11 is 0. The second-order valence-corrected chi connectivity index (χ2v) is 13.3. The van der Waals surface area contributed by atoms with E-state index in [9.17, 15) is 19.2 Å². The van der Waals surface area contributed by atoms with Gasteiger partial charge >= 0.3 is 0 Å². The van der Waals surface area contributed by atoms with E-state index < -0.39 is 0 Å². The largest absolute Gasteiger partial charge is 0.492 e. The van der Waals surface area contributed by atoms with E-state index in [-0.39, 0.29) is 47.7 Å². The van der Waals surface area contributed by atoms with E-state index in [0.717, 1.165) is 29.9 Å². The smallest absolute Gasteiger partial charge is 0.253 e. The van der Waals surface area contributed by atoms with Crippen LogP contribution < -0.4 is 20.3 Å². The fourth-order valence-electron chi connectivity index (χ4n) is 6.93. The molecule has 0 saturated carbocycles. The molecule has 6 rings (SSSR count). The van der Waals surface area contributed by atoms with Crippen LogP contribution in [0.5, 0.6) is 5.75 Å². The van der Waals surface area contributed by atoms with Crippen molar-refractivity contribution in [3.63, 3.8) is 0 Å². The SMILES string of the molecule is CCC(=O)N1c2ccccc2[C@H](Nc2ccc(NC(=O)C3CN(C(=O)c4ccc(OCCN5CCN(C)C(=O)[C@H]5C)cc4)C3)cc2)C[C@@H]1C. The van der Waals surface area contributed by atoms with E-state index in [1.54, 1.807) is 34.1 Å². The molecule has 2 saturated heterocycles. The number of anilines is 3. The first-order valence-corrected chi connectivity index (χ1v) is 17.2. The highest BCUT2D eigenvalue weighted by molar-refractivity contribution is 5.99. The molecule has 0 aromatic heterocycles.